The maximum Gasteiger partial charge on any atom is 0.360 e. The van der Waals surface area contributed by atoms with Gasteiger partial charge in [-0.3, -0.25) is 0 Å². The van der Waals surface area contributed by atoms with E-state index in [0.29, 0.717) is 12.3 Å². The third-order valence-electron chi connectivity index (χ3n) is 2.35. The molecule has 96 valence electrons. The van der Waals surface area contributed by atoms with E-state index in [1.165, 1.54) is 0 Å². The van der Waals surface area contributed by atoms with Gasteiger partial charge in [0.2, 0.25) is 0 Å². The van der Waals surface area contributed by atoms with Crippen LogP contribution in [0.4, 0.5) is 0 Å². The molecule has 0 radical (unpaired) electrons. The Balaban J connectivity index is 3.18. The van der Waals surface area contributed by atoms with Crippen molar-refractivity contribution in [3.63, 3.8) is 0 Å². The van der Waals surface area contributed by atoms with E-state index in [1.807, 2.05) is 20.8 Å². The fraction of sp³-hybridized carbons (Fsp3) is 0.750. The highest BCUT2D eigenvalue weighted by molar-refractivity contribution is 5.88. The summed E-state index contributed by atoms with van der Waals surface area (Å²) in [6.45, 7) is 11.1. The molecule has 5 heteroatoms. The first-order valence-electron chi connectivity index (χ1n) is 6.02. The fourth-order valence-electron chi connectivity index (χ4n) is 1.76. The molecule has 0 bridgehead atoms. The lowest BCUT2D eigenvalue weighted by atomic mass is 9.90. The summed E-state index contributed by atoms with van der Waals surface area (Å²) in [5, 5.41) is 8.00. The van der Waals surface area contributed by atoms with Gasteiger partial charge in [0.05, 0.1) is 12.3 Å². The third kappa shape index (κ3) is 3.05. The number of esters is 1. The van der Waals surface area contributed by atoms with Gasteiger partial charge < -0.3 is 4.74 Å². The van der Waals surface area contributed by atoms with Crippen LogP contribution >= 0.6 is 0 Å². The Morgan fingerprint density at radius 1 is 1.35 bits per heavy atom. The number of ether oxygens (including phenoxy) is 1. The maximum absolute atomic E-state index is 11.8. The van der Waals surface area contributed by atoms with Crippen LogP contribution in [0.2, 0.25) is 0 Å². The molecule has 0 saturated carbocycles. The van der Waals surface area contributed by atoms with Gasteiger partial charge in [-0.1, -0.05) is 32.9 Å². The number of hydrogen-bond acceptors (Lipinski definition) is 4. The molecule has 1 heterocycles. The standard InChI is InChI=1S/C12H21N3O2/c1-6-8-15-10(12(3,4)5)9(13-14-15)11(16)17-7-2/h6-8H2,1-5H3. The Kier molecular flexibility index (Phi) is 4.26. The van der Waals surface area contributed by atoms with Crippen molar-refractivity contribution in [2.24, 2.45) is 0 Å². The molecule has 0 amide bonds. The van der Waals surface area contributed by atoms with Crippen LogP contribution in [0.3, 0.4) is 0 Å². The highest BCUT2D eigenvalue weighted by Gasteiger charge is 2.29. The molecule has 0 unspecified atom stereocenters. The van der Waals surface area contributed by atoms with E-state index in [0.717, 1.165) is 18.7 Å². The zero-order valence-electron chi connectivity index (χ0n) is 11.3. The fourth-order valence-corrected chi connectivity index (χ4v) is 1.76. The van der Waals surface area contributed by atoms with Gasteiger partial charge in [0, 0.05) is 12.0 Å². The van der Waals surface area contributed by atoms with Crippen LogP contribution in [0.15, 0.2) is 0 Å². The molecule has 0 aliphatic heterocycles. The number of carbonyl (C=O) groups is 1. The zero-order chi connectivity index (χ0) is 13.1. The van der Waals surface area contributed by atoms with E-state index in [-0.39, 0.29) is 11.4 Å². The lowest BCUT2D eigenvalue weighted by Gasteiger charge is -2.20. The summed E-state index contributed by atoms with van der Waals surface area (Å²) < 4.78 is 6.80. The van der Waals surface area contributed by atoms with E-state index in [1.54, 1.807) is 11.6 Å². The molecule has 1 aromatic heterocycles. The minimum atomic E-state index is -0.389. The van der Waals surface area contributed by atoms with Crippen LogP contribution in [-0.4, -0.2) is 27.6 Å². The normalized spacial score (nSPS) is 11.6. The lowest BCUT2D eigenvalue weighted by Crippen LogP contribution is -2.22. The number of aryl methyl sites for hydroxylation is 1. The Morgan fingerprint density at radius 2 is 2.00 bits per heavy atom. The van der Waals surface area contributed by atoms with Gasteiger partial charge in [-0.25, -0.2) is 9.48 Å². The predicted octanol–water partition coefficient (Wildman–Crippen LogP) is 2.16. The summed E-state index contributed by atoms with van der Waals surface area (Å²) >= 11 is 0. The molecular weight excluding hydrogens is 218 g/mol. The first kappa shape index (κ1) is 13.7. The van der Waals surface area contributed by atoms with E-state index in [2.05, 4.69) is 17.2 Å². The molecular formula is C12H21N3O2. The van der Waals surface area contributed by atoms with Crippen molar-refractivity contribution >= 4 is 5.97 Å². The first-order valence-corrected chi connectivity index (χ1v) is 6.02. The second kappa shape index (κ2) is 5.29. The molecule has 0 fully saturated rings. The van der Waals surface area contributed by atoms with Crippen molar-refractivity contribution in [1.29, 1.82) is 0 Å². The Hall–Kier alpha value is -1.39. The highest BCUT2D eigenvalue weighted by Crippen LogP contribution is 2.25. The van der Waals surface area contributed by atoms with Crippen molar-refractivity contribution < 1.29 is 9.53 Å². The van der Waals surface area contributed by atoms with Gasteiger partial charge in [0.1, 0.15) is 0 Å². The molecule has 0 spiro atoms. The second-order valence-corrected chi connectivity index (χ2v) is 4.98. The summed E-state index contributed by atoms with van der Waals surface area (Å²) in [4.78, 5) is 11.8. The highest BCUT2D eigenvalue weighted by atomic mass is 16.5. The lowest BCUT2D eigenvalue weighted by molar-refractivity contribution is 0.0516. The summed E-state index contributed by atoms with van der Waals surface area (Å²) in [5.74, 6) is -0.389. The largest absolute Gasteiger partial charge is 0.461 e. The summed E-state index contributed by atoms with van der Waals surface area (Å²) in [7, 11) is 0. The van der Waals surface area contributed by atoms with Crippen molar-refractivity contribution in [2.45, 2.75) is 53.0 Å². The number of carbonyl (C=O) groups excluding carboxylic acids is 1. The van der Waals surface area contributed by atoms with Crippen molar-refractivity contribution in [2.75, 3.05) is 6.61 Å². The van der Waals surface area contributed by atoms with Crippen molar-refractivity contribution in [3.8, 4) is 0 Å². The summed E-state index contributed by atoms with van der Waals surface area (Å²) in [6, 6.07) is 0. The van der Waals surface area contributed by atoms with E-state index in [4.69, 9.17) is 4.74 Å². The van der Waals surface area contributed by atoms with E-state index in [9.17, 15) is 4.79 Å². The minimum Gasteiger partial charge on any atom is -0.461 e. The molecule has 1 aromatic rings. The van der Waals surface area contributed by atoms with Gasteiger partial charge >= 0.3 is 5.97 Å². The molecule has 0 aliphatic rings. The van der Waals surface area contributed by atoms with Crippen LogP contribution in [-0.2, 0) is 16.7 Å². The van der Waals surface area contributed by atoms with Crippen LogP contribution in [0.5, 0.6) is 0 Å². The van der Waals surface area contributed by atoms with E-state index < -0.39 is 0 Å². The van der Waals surface area contributed by atoms with Gasteiger partial charge in [0.25, 0.3) is 0 Å². The molecule has 5 nitrogen and oxygen atoms in total. The molecule has 0 aromatic carbocycles. The monoisotopic (exact) mass is 239 g/mol. The average Bonchev–Trinajstić information content (AvgIpc) is 2.62. The summed E-state index contributed by atoms with van der Waals surface area (Å²) in [6.07, 6.45) is 0.953. The zero-order valence-corrected chi connectivity index (χ0v) is 11.3. The summed E-state index contributed by atoms with van der Waals surface area (Å²) in [5.41, 5.74) is 1.01. The SMILES string of the molecule is CCCn1nnc(C(=O)OCC)c1C(C)(C)C. The molecule has 0 N–H and O–H groups in total. The quantitative estimate of drug-likeness (QED) is 0.755. The predicted molar refractivity (Wildman–Crippen MR) is 65.0 cm³/mol. The molecule has 1 rings (SSSR count). The first-order chi connectivity index (χ1) is 7.91. The third-order valence-corrected chi connectivity index (χ3v) is 2.35. The average molecular weight is 239 g/mol. The van der Waals surface area contributed by atoms with Gasteiger partial charge in [-0.05, 0) is 13.3 Å². The number of rotatable bonds is 4. The number of hydrogen-bond donors (Lipinski definition) is 0. The number of nitrogens with zero attached hydrogens (tertiary/aromatic N) is 3. The molecule has 0 aliphatic carbocycles. The molecule has 17 heavy (non-hydrogen) atoms. The van der Waals surface area contributed by atoms with Crippen LogP contribution in [0, 0.1) is 0 Å². The van der Waals surface area contributed by atoms with Crippen LogP contribution < -0.4 is 0 Å². The topological polar surface area (TPSA) is 57.0 Å². The molecule has 0 atom stereocenters. The number of aromatic nitrogens is 3. The Labute approximate surface area is 102 Å². The van der Waals surface area contributed by atoms with Gasteiger partial charge in [-0.2, -0.15) is 0 Å². The minimum absolute atomic E-state index is 0.180. The maximum atomic E-state index is 11.8. The Bertz CT molecular complexity index is 391. The second-order valence-electron chi connectivity index (χ2n) is 4.98. The molecule has 0 saturated heterocycles. The van der Waals surface area contributed by atoms with E-state index >= 15 is 0 Å². The van der Waals surface area contributed by atoms with Gasteiger partial charge in [0.15, 0.2) is 5.69 Å². The smallest absolute Gasteiger partial charge is 0.360 e. The Morgan fingerprint density at radius 3 is 2.47 bits per heavy atom. The van der Waals surface area contributed by atoms with Crippen LogP contribution in [0.1, 0.15) is 57.2 Å². The van der Waals surface area contributed by atoms with Gasteiger partial charge in [-0.15, -0.1) is 5.10 Å². The van der Waals surface area contributed by atoms with Crippen molar-refractivity contribution in [1.82, 2.24) is 15.0 Å². The van der Waals surface area contributed by atoms with Crippen molar-refractivity contribution in [3.05, 3.63) is 11.4 Å². The van der Waals surface area contributed by atoms with Crippen LogP contribution in [0.25, 0.3) is 0 Å².